The number of carboxylic acids is 1. The van der Waals surface area contributed by atoms with E-state index in [1.165, 1.54) is 57.8 Å². The van der Waals surface area contributed by atoms with E-state index in [1.54, 1.807) is 12.0 Å². The highest BCUT2D eigenvalue weighted by molar-refractivity contribution is 7.96. The van der Waals surface area contributed by atoms with Crippen LogP contribution in [0.25, 0.3) is 0 Å². The molecule has 0 aromatic heterocycles. The summed E-state index contributed by atoms with van der Waals surface area (Å²) >= 11 is 1.55. The summed E-state index contributed by atoms with van der Waals surface area (Å²) in [4.78, 5) is 28.0. The minimum Gasteiger partial charge on any atom is -0.481 e. The minimum atomic E-state index is -2.99. The number of fused-ring (bicyclic) bond motifs is 7. The summed E-state index contributed by atoms with van der Waals surface area (Å²) in [5.41, 5.74) is 0.406. The van der Waals surface area contributed by atoms with Gasteiger partial charge in [0.2, 0.25) is 0 Å². The van der Waals surface area contributed by atoms with Crippen molar-refractivity contribution in [2.75, 3.05) is 31.1 Å². The maximum Gasteiger partial charge on any atom is 0.309 e. The fourth-order valence-corrected chi connectivity index (χ4v) is 18.4. The number of nitrogens with zero attached hydrogens (tertiary/aromatic N) is 1. The molecule has 11 heteroatoms. The highest BCUT2D eigenvalue weighted by Crippen LogP contribution is 2.78. The van der Waals surface area contributed by atoms with E-state index in [4.69, 9.17) is 8.92 Å². The first kappa shape index (κ1) is 46.6. The second-order valence-electron chi connectivity index (χ2n) is 25.6. The molecule has 2 N–H and O–H groups in total. The maximum absolute atomic E-state index is 13.7. The van der Waals surface area contributed by atoms with E-state index in [0.717, 1.165) is 31.7 Å². The molecule has 0 spiro atoms. The number of hydrogen-bond acceptors (Lipinski definition) is 9. The number of aliphatic carboxylic acids is 1. The topological polar surface area (TPSA) is 122 Å². The van der Waals surface area contributed by atoms with Gasteiger partial charge >= 0.3 is 11.9 Å². The number of carboxylic acid groups (broad SMARTS) is 1. The quantitative estimate of drug-likeness (QED) is 0.153. The SMILES string of the molecule is C[C@H](OSC(C)(C)C)[C@H](CN[C@]12CCC(C3(C)CC3)[C@@H]1[C@H]1CC[C@@H]3[C@@]4(C)CC[C@H](OC(=O)[C@H]5C[C@@H](C(=O)O)C5(C)C)C(C)(C)[C@@H]4CC[C@@]3(C)[C@]1(C)CC2)N1CCS(=O)(=O)CC1. The van der Waals surface area contributed by atoms with Gasteiger partial charge in [0.15, 0.2) is 9.84 Å². The van der Waals surface area contributed by atoms with Crippen molar-refractivity contribution in [3.05, 3.63) is 0 Å². The monoisotopic (exact) mass is 889 g/mol. The van der Waals surface area contributed by atoms with Gasteiger partial charge < -0.3 is 19.3 Å². The number of nitrogens with one attached hydrogen (secondary N) is 1. The van der Waals surface area contributed by atoms with Gasteiger partial charge in [0.1, 0.15) is 6.10 Å². The van der Waals surface area contributed by atoms with Gasteiger partial charge in [0, 0.05) is 41.4 Å². The van der Waals surface area contributed by atoms with Gasteiger partial charge in [-0.2, -0.15) is 0 Å². The van der Waals surface area contributed by atoms with Gasteiger partial charge in [-0.05, 0) is 180 Å². The van der Waals surface area contributed by atoms with Gasteiger partial charge in [-0.25, -0.2) is 8.42 Å². The molecule has 7 saturated carbocycles. The molecule has 8 aliphatic rings. The molecule has 1 heterocycles. The van der Waals surface area contributed by atoms with E-state index < -0.39 is 27.1 Å². The third-order valence-electron chi connectivity index (χ3n) is 20.9. The zero-order valence-corrected chi connectivity index (χ0v) is 41.8. The van der Waals surface area contributed by atoms with Crippen LogP contribution in [0.15, 0.2) is 0 Å². The number of carbonyl (C=O) groups is 2. The summed E-state index contributed by atoms with van der Waals surface area (Å²) in [5.74, 6) is 1.72. The Morgan fingerprint density at radius 2 is 1.46 bits per heavy atom. The van der Waals surface area contributed by atoms with Crippen LogP contribution in [0.1, 0.15) is 167 Å². The van der Waals surface area contributed by atoms with Gasteiger partial charge in [-0.3, -0.25) is 14.5 Å². The van der Waals surface area contributed by atoms with E-state index in [0.29, 0.717) is 48.6 Å². The zero-order valence-electron chi connectivity index (χ0n) is 40.2. The van der Waals surface area contributed by atoms with Crippen molar-refractivity contribution in [3.63, 3.8) is 0 Å². The Bertz CT molecular complexity index is 1810. The van der Waals surface area contributed by atoms with E-state index in [9.17, 15) is 23.1 Å². The first-order valence-corrected chi connectivity index (χ1v) is 27.2. The van der Waals surface area contributed by atoms with Crippen LogP contribution in [0, 0.1) is 73.9 Å². The minimum absolute atomic E-state index is 0.0251. The van der Waals surface area contributed by atoms with Crippen LogP contribution in [0.5, 0.6) is 0 Å². The third kappa shape index (κ3) is 7.62. The molecule has 14 atom stereocenters. The molecule has 0 amide bonds. The summed E-state index contributed by atoms with van der Waals surface area (Å²) in [6.07, 6.45) is 14.8. The Morgan fingerprint density at radius 3 is 2.07 bits per heavy atom. The lowest BCUT2D eigenvalue weighted by Crippen LogP contribution is -2.69. The standard InChI is InChI=1S/C50H84N2O7S2/c1-31(59-60-43(2,3)4)36(52-25-27-61(56,57)28-26-52)30-51-50-20-15-32(46(9)21-22-46)40(50)33-13-14-38-47(10)18-17-39(58-42(55)35-29-34(41(53)54)44(35,5)6)45(7,8)37(47)16-19-49(38,12)48(33,11)23-24-50/h31-40,51H,13-30H2,1-12H3,(H,53,54)/t31-,32?,33+,34-,35+,36-,37-,38+,39-,40+,47-,48+,49+,50-/m0/s1. The number of ether oxygens (including phenoxy) is 1. The molecule has 348 valence electrons. The molecule has 8 rings (SSSR count). The van der Waals surface area contributed by atoms with Crippen LogP contribution < -0.4 is 5.32 Å². The lowest BCUT2D eigenvalue weighted by molar-refractivity contribution is -0.250. The Labute approximate surface area is 374 Å². The maximum atomic E-state index is 13.7. The zero-order chi connectivity index (χ0) is 44.6. The fourth-order valence-electron chi connectivity index (χ4n) is 16.6. The fraction of sp³-hybridized carbons (Fsp3) is 0.960. The molecular formula is C50H84N2O7S2. The summed E-state index contributed by atoms with van der Waals surface area (Å²) in [6.45, 7) is 30.0. The number of esters is 1. The predicted octanol–water partition coefficient (Wildman–Crippen LogP) is 9.82. The van der Waals surface area contributed by atoms with Crippen LogP contribution >= 0.6 is 12.0 Å². The molecule has 1 unspecified atom stereocenters. The molecule has 0 radical (unpaired) electrons. The van der Waals surface area contributed by atoms with Gasteiger partial charge in [0.05, 0.1) is 29.4 Å². The number of carbonyl (C=O) groups excluding carboxylic acids is 1. The lowest BCUT2D eigenvalue weighted by Gasteiger charge is -2.73. The third-order valence-corrected chi connectivity index (χ3v) is 23.4. The van der Waals surface area contributed by atoms with Crippen molar-refractivity contribution < 1.29 is 32.0 Å². The summed E-state index contributed by atoms with van der Waals surface area (Å²) in [7, 11) is -2.99. The summed E-state index contributed by atoms with van der Waals surface area (Å²) in [6, 6.07) is 0.104. The van der Waals surface area contributed by atoms with Crippen molar-refractivity contribution in [1.29, 1.82) is 0 Å². The highest BCUT2D eigenvalue weighted by Gasteiger charge is 2.72. The van der Waals surface area contributed by atoms with Crippen LogP contribution in [0.2, 0.25) is 0 Å². The molecule has 0 aromatic rings. The van der Waals surface area contributed by atoms with Gasteiger partial charge in [-0.15, -0.1) is 0 Å². The van der Waals surface area contributed by atoms with Gasteiger partial charge in [-0.1, -0.05) is 55.4 Å². The Morgan fingerprint density at radius 1 is 0.787 bits per heavy atom. The van der Waals surface area contributed by atoms with Crippen molar-refractivity contribution in [3.8, 4) is 0 Å². The van der Waals surface area contributed by atoms with Crippen molar-refractivity contribution >= 4 is 33.8 Å². The van der Waals surface area contributed by atoms with Crippen LogP contribution in [-0.2, 0) is 28.3 Å². The normalized spacial score (nSPS) is 45.4. The second-order valence-corrected chi connectivity index (χ2v) is 29.5. The molecule has 9 nitrogen and oxygen atoms in total. The van der Waals surface area contributed by atoms with Crippen LogP contribution in [0.3, 0.4) is 0 Å². The molecular weight excluding hydrogens is 805 g/mol. The molecule has 1 saturated heterocycles. The Kier molecular flexibility index (Phi) is 11.7. The van der Waals surface area contributed by atoms with Crippen LogP contribution in [0.4, 0.5) is 0 Å². The van der Waals surface area contributed by atoms with E-state index in [1.807, 2.05) is 13.8 Å². The second kappa shape index (κ2) is 15.3. The number of sulfone groups is 1. The van der Waals surface area contributed by atoms with Crippen molar-refractivity contribution in [1.82, 2.24) is 10.2 Å². The highest BCUT2D eigenvalue weighted by atomic mass is 32.2. The van der Waals surface area contributed by atoms with E-state index in [-0.39, 0.29) is 73.6 Å². The summed E-state index contributed by atoms with van der Waals surface area (Å²) < 4.78 is 38.2. The molecule has 1 aliphatic heterocycles. The Hall–Kier alpha value is -0.880. The van der Waals surface area contributed by atoms with Crippen molar-refractivity contribution in [2.45, 2.75) is 195 Å². The number of rotatable bonds is 11. The average Bonchev–Trinajstić information content (AvgIpc) is 3.78. The largest absolute Gasteiger partial charge is 0.481 e. The molecule has 0 bridgehead atoms. The first-order valence-electron chi connectivity index (χ1n) is 24.6. The Balaban J connectivity index is 1.03. The number of hydrogen-bond donors (Lipinski definition) is 2. The van der Waals surface area contributed by atoms with E-state index >= 15 is 0 Å². The molecule has 0 aromatic carbocycles. The van der Waals surface area contributed by atoms with E-state index in [2.05, 4.69) is 79.5 Å². The molecule has 8 fully saturated rings. The van der Waals surface area contributed by atoms with Crippen LogP contribution in [-0.4, -0.2) is 90.0 Å². The predicted molar refractivity (Wildman–Crippen MR) is 245 cm³/mol. The van der Waals surface area contributed by atoms with Gasteiger partial charge in [0.25, 0.3) is 0 Å². The molecule has 61 heavy (non-hydrogen) atoms. The molecule has 7 aliphatic carbocycles. The first-order chi connectivity index (χ1) is 28.1. The smallest absolute Gasteiger partial charge is 0.309 e. The summed E-state index contributed by atoms with van der Waals surface area (Å²) in [5, 5.41) is 14.1. The van der Waals surface area contributed by atoms with Crippen molar-refractivity contribution in [2.24, 2.45) is 73.9 Å². The average molecular weight is 889 g/mol. The lowest BCUT2D eigenvalue weighted by atomic mass is 9.32.